The summed E-state index contributed by atoms with van der Waals surface area (Å²) in [5.74, 6) is -0.608. The predicted octanol–water partition coefficient (Wildman–Crippen LogP) is 1.91. The Morgan fingerprint density at radius 2 is 1.96 bits per heavy atom. The van der Waals surface area contributed by atoms with Gasteiger partial charge in [0, 0.05) is 37.7 Å². The zero-order chi connectivity index (χ0) is 17.5. The molecule has 0 bridgehead atoms. The summed E-state index contributed by atoms with van der Waals surface area (Å²) >= 11 is 0. The molecule has 0 radical (unpaired) electrons. The number of nitrogens with zero attached hydrogens (tertiary/aromatic N) is 1. The van der Waals surface area contributed by atoms with Crippen LogP contribution in [0.3, 0.4) is 0 Å². The minimum Gasteiger partial charge on any atom is -0.370 e. The minimum absolute atomic E-state index is 0.101. The first-order chi connectivity index (χ1) is 11.5. The van der Waals surface area contributed by atoms with Crippen LogP contribution in [0.15, 0.2) is 30.3 Å². The number of primary amides is 1. The number of carbonyl (C=O) groups excluding carboxylic acids is 3. The lowest BCUT2D eigenvalue weighted by Crippen LogP contribution is -2.44. The summed E-state index contributed by atoms with van der Waals surface area (Å²) < 4.78 is 0. The maximum absolute atomic E-state index is 12.4. The Kier molecular flexibility index (Phi) is 6.12. The first kappa shape index (κ1) is 17.7. The zero-order valence-corrected chi connectivity index (χ0v) is 13.8. The molecule has 1 heterocycles. The molecule has 2 rings (SSSR count). The summed E-state index contributed by atoms with van der Waals surface area (Å²) in [6, 6.07) is 7.11. The number of likely N-dealkylation sites (tertiary alicyclic amines) is 1. The van der Waals surface area contributed by atoms with Crippen LogP contribution in [-0.4, -0.2) is 35.2 Å². The Labute approximate surface area is 141 Å². The maximum Gasteiger partial charge on any atom is 0.246 e. The summed E-state index contributed by atoms with van der Waals surface area (Å²) in [4.78, 5) is 36.3. The number of rotatable bonds is 5. The van der Waals surface area contributed by atoms with Gasteiger partial charge in [-0.05, 0) is 43.0 Å². The van der Waals surface area contributed by atoms with E-state index in [4.69, 9.17) is 5.73 Å². The molecule has 1 saturated heterocycles. The molecular weight excluding hydrogens is 306 g/mol. The first-order valence-corrected chi connectivity index (χ1v) is 8.10. The van der Waals surface area contributed by atoms with Gasteiger partial charge in [-0.1, -0.05) is 12.1 Å². The molecule has 3 N–H and O–H groups in total. The molecule has 6 heteroatoms. The van der Waals surface area contributed by atoms with Crippen LogP contribution in [0.5, 0.6) is 0 Å². The lowest BCUT2D eigenvalue weighted by molar-refractivity contribution is -0.131. The molecule has 0 saturated carbocycles. The second kappa shape index (κ2) is 8.29. The van der Waals surface area contributed by atoms with Crippen LogP contribution in [0.2, 0.25) is 0 Å². The van der Waals surface area contributed by atoms with Crippen molar-refractivity contribution in [1.29, 1.82) is 0 Å². The summed E-state index contributed by atoms with van der Waals surface area (Å²) in [7, 11) is 0. The van der Waals surface area contributed by atoms with E-state index >= 15 is 0 Å². The van der Waals surface area contributed by atoms with E-state index in [1.54, 1.807) is 23.1 Å². The van der Waals surface area contributed by atoms with E-state index in [2.05, 4.69) is 5.32 Å². The molecule has 1 aliphatic rings. The van der Waals surface area contributed by atoms with Gasteiger partial charge >= 0.3 is 0 Å². The lowest BCUT2D eigenvalue weighted by Gasteiger charge is -2.34. The van der Waals surface area contributed by atoms with E-state index in [1.165, 1.54) is 13.0 Å². The SMILES string of the molecule is CC(=O)Nc1ccc(/C=C\C(=O)N2CCCC[C@@H]2CC(N)=O)cc1. The van der Waals surface area contributed by atoms with E-state index in [0.717, 1.165) is 24.8 Å². The van der Waals surface area contributed by atoms with Crippen LogP contribution in [0.4, 0.5) is 5.69 Å². The average molecular weight is 329 g/mol. The van der Waals surface area contributed by atoms with Gasteiger partial charge in [-0.25, -0.2) is 0 Å². The van der Waals surface area contributed by atoms with Crippen molar-refractivity contribution in [2.24, 2.45) is 5.73 Å². The monoisotopic (exact) mass is 329 g/mol. The molecule has 0 unspecified atom stereocenters. The highest BCUT2D eigenvalue weighted by Gasteiger charge is 2.26. The van der Waals surface area contributed by atoms with E-state index < -0.39 is 0 Å². The van der Waals surface area contributed by atoms with Crippen LogP contribution < -0.4 is 11.1 Å². The van der Waals surface area contributed by atoms with Crippen molar-refractivity contribution in [2.75, 3.05) is 11.9 Å². The second-order valence-corrected chi connectivity index (χ2v) is 5.99. The quantitative estimate of drug-likeness (QED) is 0.808. The molecule has 0 spiro atoms. The topological polar surface area (TPSA) is 92.5 Å². The molecule has 128 valence electrons. The molecule has 6 nitrogen and oxygen atoms in total. The number of piperidine rings is 1. The number of benzene rings is 1. The summed E-state index contributed by atoms with van der Waals surface area (Å²) in [6.07, 6.45) is 6.23. The fraction of sp³-hybridized carbons (Fsp3) is 0.389. The van der Waals surface area contributed by atoms with Gasteiger partial charge in [0.1, 0.15) is 0 Å². The number of nitrogens with one attached hydrogen (secondary N) is 1. The highest BCUT2D eigenvalue weighted by molar-refractivity contribution is 5.93. The third-order valence-electron chi connectivity index (χ3n) is 4.00. The van der Waals surface area contributed by atoms with Crippen molar-refractivity contribution in [3.63, 3.8) is 0 Å². The van der Waals surface area contributed by atoms with E-state index in [0.29, 0.717) is 12.2 Å². The number of hydrogen-bond donors (Lipinski definition) is 2. The molecule has 1 aliphatic heterocycles. The number of hydrogen-bond acceptors (Lipinski definition) is 3. The third kappa shape index (κ3) is 5.22. The standard InChI is InChI=1S/C18H23N3O3/c1-13(22)20-15-8-5-14(6-9-15)7-10-18(24)21-11-3-2-4-16(21)12-17(19)23/h5-10,16H,2-4,11-12H2,1H3,(H2,19,23)(H,20,22)/b10-7-/t16-/m1/s1. The third-order valence-corrected chi connectivity index (χ3v) is 4.00. The molecular formula is C18H23N3O3. The van der Waals surface area contributed by atoms with E-state index in [9.17, 15) is 14.4 Å². The van der Waals surface area contributed by atoms with Crippen molar-refractivity contribution in [3.8, 4) is 0 Å². The van der Waals surface area contributed by atoms with Crippen molar-refractivity contribution >= 4 is 29.5 Å². The van der Waals surface area contributed by atoms with Crippen LogP contribution in [-0.2, 0) is 14.4 Å². The fourth-order valence-electron chi connectivity index (χ4n) is 2.88. The Morgan fingerprint density at radius 1 is 1.25 bits per heavy atom. The van der Waals surface area contributed by atoms with Crippen molar-refractivity contribution in [3.05, 3.63) is 35.9 Å². The molecule has 0 aliphatic carbocycles. The van der Waals surface area contributed by atoms with Gasteiger partial charge in [0.25, 0.3) is 0 Å². The average Bonchev–Trinajstić information content (AvgIpc) is 2.53. The van der Waals surface area contributed by atoms with Gasteiger partial charge in [0.15, 0.2) is 0 Å². The van der Waals surface area contributed by atoms with Crippen molar-refractivity contribution < 1.29 is 14.4 Å². The summed E-state index contributed by atoms with van der Waals surface area (Å²) in [6.45, 7) is 2.11. The molecule has 0 aromatic heterocycles. The largest absolute Gasteiger partial charge is 0.370 e. The Morgan fingerprint density at radius 3 is 2.58 bits per heavy atom. The maximum atomic E-state index is 12.4. The Bertz CT molecular complexity index is 637. The summed E-state index contributed by atoms with van der Waals surface area (Å²) in [5, 5.41) is 2.69. The molecule has 1 aromatic carbocycles. The minimum atomic E-state index is -0.378. The van der Waals surface area contributed by atoms with Gasteiger partial charge in [-0.2, -0.15) is 0 Å². The zero-order valence-electron chi connectivity index (χ0n) is 13.8. The predicted molar refractivity (Wildman–Crippen MR) is 92.9 cm³/mol. The van der Waals surface area contributed by atoms with Crippen LogP contribution in [0.1, 0.15) is 38.2 Å². The lowest BCUT2D eigenvalue weighted by atomic mass is 9.99. The molecule has 1 atom stereocenters. The number of nitrogens with two attached hydrogens (primary N) is 1. The highest BCUT2D eigenvalue weighted by Crippen LogP contribution is 2.20. The molecule has 24 heavy (non-hydrogen) atoms. The fourth-order valence-corrected chi connectivity index (χ4v) is 2.88. The number of anilines is 1. The van der Waals surface area contributed by atoms with Gasteiger partial charge < -0.3 is 16.0 Å². The molecule has 1 fully saturated rings. The first-order valence-electron chi connectivity index (χ1n) is 8.10. The Balaban J connectivity index is 2.00. The van der Waals surface area contributed by atoms with Crippen molar-refractivity contribution in [2.45, 2.75) is 38.6 Å². The molecule has 1 aromatic rings. The summed E-state index contributed by atoms with van der Waals surface area (Å²) in [5.41, 5.74) is 6.85. The second-order valence-electron chi connectivity index (χ2n) is 5.99. The van der Waals surface area contributed by atoms with Crippen LogP contribution >= 0.6 is 0 Å². The van der Waals surface area contributed by atoms with Gasteiger partial charge in [-0.3, -0.25) is 14.4 Å². The van der Waals surface area contributed by atoms with E-state index in [1.807, 2.05) is 12.1 Å². The van der Waals surface area contributed by atoms with Crippen LogP contribution in [0.25, 0.3) is 6.08 Å². The normalized spacial score (nSPS) is 17.7. The van der Waals surface area contributed by atoms with E-state index in [-0.39, 0.29) is 30.2 Å². The van der Waals surface area contributed by atoms with Crippen LogP contribution in [0, 0.1) is 0 Å². The highest BCUT2D eigenvalue weighted by atomic mass is 16.2. The van der Waals surface area contributed by atoms with Gasteiger partial charge in [0.2, 0.25) is 17.7 Å². The van der Waals surface area contributed by atoms with Gasteiger partial charge in [-0.15, -0.1) is 0 Å². The number of carbonyl (C=O) groups is 3. The van der Waals surface area contributed by atoms with Gasteiger partial charge in [0.05, 0.1) is 0 Å². The molecule has 3 amide bonds. The van der Waals surface area contributed by atoms with Crippen molar-refractivity contribution in [1.82, 2.24) is 4.90 Å². The smallest absolute Gasteiger partial charge is 0.246 e. The Hall–Kier alpha value is -2.63. The number of amides is 3.